The number of aromatic nitrogens is 2. The molecular formula is C19H18N4O2. The van der Waals surface area contributed by atoms with E-state index in [1.165, 1.54) is 0 Å². The molecule has 3 aromatic rings. The van der Waals surface area contributed by atoms with Gasteiger partial charge < -0.3 is 9.73 Å². The minimum atomic E-state index is -0.231. The summed E-state index contributed by atoms with van der Waals surface area (Å²) in [4.78, 5) is 12.4. The lowest BCUT2D eigenvalue weighted by atomic mass is 10.1. The van der Waals surface area contributed by atoms with E-state index in [-0.39, 0.29) is 11.9 Å². The highest BCUT2D eigenvalue weighted by Crippen LogP contribution is 2.20. The van der Waals surface area contributed by atoms with Crippen LogP contribution in [-0.2, 0) is 0 Å². The summed E-state index contributed by atoms with van der Waals surface area (Å²) in [6.07, 6.45) is 1.61. The van der Waals surface area contributed by atoms with Crippen molar-refractivity contribution in [1.82, 2.24) is 15.1 Å². The van der Waals surface area contributed by atoms with Gasteiger partial charge in [-0.25, -0.2) is 0 Å². The molecule has 1 amide bonds. The molecule has 1 atom stereocenters. The topological polar surface area (TPSA) is 83.9 Å². The first-order chi connectivity index (χ1) is 12.1. The van der Waals surface area contributed by atoms with Gasteiger partial charge in [-0.3, -0.25) is 9.48 Å². The number of carbonyl (C=O) groups is 1. The highest BCUT2D eigenvalue weighted by molar-refractivity contribution is 5.94. The molecule has 0 aliphatic carbocycles. The molecule has 2 heterocycles. The van der Waals surface area contributed by atoms with Crippen molar-refractivity contribution in [3.05, 3.63) is 77.0 Å². The molecule has 0 bridgehead atoms. The lowest BCUT2D eigenvalue weighted by molar-refractivity contribution is 0.0948. The van der Waals surface area contributed by atoms with E-state index in [0.717, 1.165) is 17.1 Å². The largest absolute Gasteiger partial charge is 0.467 e. The Kier molecular flexibility index (Phi) is 4.66. The van der Waals surface area contributed by atoms with E-state index >= 15 is 0 Å². The second-order valence-corrected chi connectivity index (χ2v) is 5.80. The fourth-order valence-electron chi connectivity index (χ4n) is 2.74. The number of hydrogen-bond donors (Lipinski definition) is 1. The van der Waals surface area contributed by atoms with Crippen LogP contribution in [-0.4, -0.2) is 22.2 Å². The minimum Gasteiger partial charge on any atom is -0.467 e. The van der Waals surface area contributed by atoms with Crippen molar-refractivity contribution < 1.29 is 9.21 Å². The van der Waals surface area contributed by atoms with Crippen molar-refractivity contribution in [2.45, 2.75) is 19.9 Å². The Labute approximate surface area is 145 Å². The molecule has 3 rings (SSSR count). The van der Waals surface area contributed by atoms with Crippen LogP contribution in [0.25, 0.3) is 0 Å². The van der Waals surface area contributed by atoms with Gasteiger partial charge in [-0.05, 0) is 56.3 Å². The molecule has 0 saturated carbocycles. The van der Waals surface area contributed by atoms with Crippen LogP contribution in [0.1, 0.15) is 39.1 Å². The monoisotopic (exact) mass is 334 g/mol. The second kappa shape index (κ2) is 7.05. The molecule has 2 aromatic heterocycles. The van der Waals surface area contributed by atoms with E-state index in [1.807, 2.05) is 42.8 Å². The second-order valence-electron chi connectivity index (χ2n) is 5.80. The van der Waals surface area contributed by atoms with Crippen LogP contribution in [0.15, 0.2) is 53.1 Å². The zero-order chi connectivity index (χ0) is 17.8. The highest BCUT2D eigenvalue weighted by atomic mass is 16.3. The summed E-state index contributed by atoms with van der Waals surface area (Å²) < 4.78 is 7.39. The van der Waals surface area contributed by atoms with Crippen molar-refractivity contribution in [1.29, 1.82) is 5.26 Å². The molecule has 25 heavy (non-hydrogen) atoms. The molecule has 1 unspecified atom stereocenters. The fourth-order valence-corrected chi connectivity index (χ4v) is 2.74. The summed E-state index contributed by atoms with van der Waals surface area (Å²) in [6.45, 7) is 4.24. The van der Waals surface area contributed by atoms with Gasteiger partial charge in [0.25, 0.3) is 5.91 Å². The van der Waals surface area contributed by atoms with Gasteiger partial charge in [0.1, 0.15) is 11.8 Å². The van der Waals surface area contributed by atoms with Crippen LogP contribution >= 0.6 is 0 Å². The first kappa shape index (κ1) is 16.5. The molecule has 6 nitrogen and oxygen atoms in total. The van der Waals surface area contributed by atoms with Gasteiger partial charge in [0, 0.05) is 17.8 Å². The van der Waals surface area contributed by atoms with E-state index in [0.29, 0.717) is 17.7 Å². The molecular weight excluding hydrogens is 316 g/mol. The molecule has 0 spiro atoms. The van der Waals surface area contributed by atoms with Gasteiger partial charge in [0.15, 0.2) is 0 Å². The normalized spacial score (nSPS) is 11.7. The molecule has 1 N–H and O–H groups in total. The summed E-state index contributed by atoms with van der Waals surface area (Å²) in [6, 6.07) is 14.0. The molecule has 0 fully saturated rings. The number of carbonyl (C=O) groups excluding carboxylic acids is 1. The van der Waals surface area contributed by atoms with Gasteiger partial charge in [-0.1, -0.05) is 0 Å². The molecule has 0 aliphatic rings. The van der Waals surface area contributed by atoms with E-state index < -0.39 is 0 Å². The first-order valence-corrected chi connectivity index (χ1v) is 7.93. The van der Waals surface area contributed by atoms with E-state index in [2.05, 4.69) is 10.4 Å². The third-order valence-electron chi connectivity index (χ3n) is 3.94. The third kappa shape index (κ3) is 3.61. The summed E-state index contributed by atoms with van der Waals surface area (Å²) in [5.41, 5.74) is 2.93. The van der Waals surface area contributed by atoms with Crippen LogP contribution < -0.4 is 5.32 Å². The number of nitrogens with one attached hydrogen (secondary N) is 1. The summed E-state index contributed by atoms with van der Waals surface area (Å²) >= 11 is 0. The van der Waals surface area contributed by atoms with Crippen LogP contribution in [0.2, 0.25) is 0 Å². The number of nitriles is 1. The first-order valence-electron chi connectivity index (χ1n) is 7.93. The quantitative estimate of drug-likeness (QED) is 0.777. The molecule has 6 heteroatoms. The third-order valence-corrected chi connectivity index (χ3v) is 3.94. The number of aryl methyl sites for hydroxylation is 2. The Balaban J connectivity index is 1.78. The standard InChI is InChI=1S/C19H18N4O2/c1-13-10-14(2)23(22-13)17(18-4-3-9-25-18)12-21-19(24)16-7-5-15(11-20)6-8-16/h3-10,17H,12H2,1-2H3,(H,21,24). The van der Waals surface area contributed by atoms with Crippen molar-refractivity contribution >= 4 is 5.91 Å². The Hall–Kier alpha value is -3.33. The van der Waals surface area contributed by atoms with Crippen molar-refractivity contribution in [3.8, 4) is 6.07 Å². The molecule has 0 radical (unpaired) electrons. The zero-order valence-electron chi connectivity index (χ0n) is 14.1. The average molecular weight is 334 g/mol. The summed E-state index contributed by atoms with van der Waals surface area (Å²) in [5.74, 6) is 0.522. The van der Waals surface area contributed by atoms with Gasteiger partial charge in [0.05, 0.1) is 23.6 Å². The SMILES string of the molecule is Cc1cc(C)n(C(CNC(=O)c2ccc(C#N)cc2)c2ccco2)n1. The van der Waals surface area contributed by atoms with E-state index in [1.54, 1.807) is 30.5 Å². The Morgan fingerprint density at radius 3 is 2.64 bits per heavy atom. The van der Waals surface area contributed by atoms with Gasteiger partial charge in [0.2, 0.25) is 0 Å². The predicted octanol–water partition coefficient (Wildman–Crippen LogP) is 2.98. The Bertz CT molecular complexity index is 902. The van der Waals surface area contributed by atoms with Crippen molar-refractivity contribution in [2.75, 3.05) is 6.54 Å². The summed E-state index contributed by atoms with van der Waals surface area (Å²) in [5, 5.41) is 16.3. The lowest BCUT2D eigenvalue weighted by Crippen LogP contribution is -2.32. The molecule has 126 valence electrons. The van der Waals surface area contributed by atoms with Crippen LogP contribution in [0, 0.1) is 25.2 Å². The summed E-state index contributed by atoms with van der Waals surface area (Å²) in [7, 11) is 0. The van der Waals surface area contributed by atoms with Gasteiger partial charge in [-0.15, -0.1) is 0 Å². The number of nitrogens with zero attached hydrogens (tertiary/aromatic N) is 3. The maximum absolute atomic E-state index is 12.4. The van der Waals surface area contributed by atoms with Crippen molar-refractivity contribution in [3.63, 3.8) is 0 Å². The maximum atomic E-state index is 12.4. The molecule has 1 aromatic carbocycles. The van der Waals surface area contributed by atoms with Crippen molar-refractivity contribution in [2.24, 2.45) is 0 Å². The smallest absolute Gasteiger partial charge is 0.251 e. The van der Waals surface area contributed by atoms with E-state index in [9.17, 15) is 4.79 Å². The number of rotatable bonds is 5. The average Bonchev–Trinajstić information content (AvgIpc) is 3.25. The van der Waals surface area contributed by atoms with Crippen LogP contribution in [0.5, 0.6) is 0 Å². The fraction of sp³-hybridized carbons (Fsp3) is 0.211. The number of furan rings is 1. The minimum absolute atomic E-state index is 0.206. The predicted molar refractivity (Wildman–Crippen MR) is 92.0 cm³/mol. The van der Waals surface area contributed by atoms with Gasteiger partial charge >= 0.3 is 0 Å². The maximum Gasteiger partial charge on any atom is 0.251 e. The molecule has 0 aliphatic heterocycles. The lowest BCUT2D eigenvalue weighted by Gasteiger charge is -2.18. The van der Waals surface area contributed by atoms with Crippen LogP contribution in [0.3, 0.4) is 0 Å². The van der Waals surface area contributed by atoms with Gasteiger partial charge in [-0.2, -0.15) is 10.4 Å². The Morgan fingerprint density at radius 2 is 2.08 bits per heavy atom. The molecule has 0 saturated heterocycles. The Morgan fingerprint density at radius 1 is 1.32 bits per heavy atom. The highest BCUT2D eigenvalue weighted by Gasteiger charge is 2.20. The number of benzene rings is 1. The zero-order valence-corrected chi connectivity index (χ0v) is 14.1. The number of amides is 1. The number of hydrogen-bond acceptors (Lipinski definition) is 4. The van der Waals surface area contributed by atoms with Crippen LogP contribution in [0.4, 0.5) is 0 Å². The van der Waals surface area contributed by atoms with E-state index in [4.69, 9.17) is 9.68 Å².